The molecule has 0 aliphatic heterocycles. The van der Waals surface area contributed by atoms with Crippen molar-refractivity contribution in [2.75, 3.05) is 4.72 Å². The van der Waals surface area contributed by atoms with E-state index >= 15 is 0 Å². The second kappa shape index (κ2) is 5.62. The lowest BCUT2D eigenvalue weighted by molar-refractivity contribution is 0.601. The van der Waals surface area contributed by atoms with Gasteiger partial charge < -0.3 is 0 Å². The zero-order valence-electron chi connectivity index (χ0n) is 9.14. The molecule has 0 bridgehead atoms. The van der Waals surface area contributed by atoms with Gasteiger partial charge in [-0.05, 0) is 34.1 Å². The summed E-state index contributed by atoms with van der Waals surface area (Å²) in [5.41, 5.74) is 0.313. The minimum absolute atomic E-state index is 0.0446. The van der Waals surface area contributed by atoms with E-state index in [0.717, 1.165) is 6.20 Å². The molecule has 9 heteroatoms. The summed E-state index contributed by atoms with van der Waals surface area (Å²) in [6.07, 6.45) is 2.66. The zero-order chi connectivity index (χ0) is 14.0. The maximum absolute atomic E-state index is 12.1. The van der Waals surface area contributed by atoms with Crippen molar-refractivity contribution in [1.82, 2.24) is 9.97 Å². The smallest absolute Gasteiger partial charge is 0.263 e. The molecule has 2 aromatic rings. The maximum atomic E-state index is 12.1. The molecule has 0 radical (unpaired) electrons. The van der Waals surface area contributed by atoms with E-state index in [1.807, 2.05) is 0 Å². The number of anilines is 1. The number of halogens is 3. The van der Waals surface area contributed by atoms with Gasteiger partial charge >= 0.3 is 0 Å². The molecule has 0 aliphatic carbocycles. The maximum Gasteiger partial charge on any atom is 0.263 e. The molecule has 0 aromatic carbocycles. The van der Waals surface area contributed by atoms with Crippen molar-refractivity contribution < 1.29 is 8.42 Å². The third kappa shape index (κ3) is 3.36. The highest BCUT2D eigenvalue weighted by Crippen LogP contribution is 2.25. The van der Waals surface area contributed by atoms with E-state index in [1.54, 1.807) is 12.1 Å². The highest BCUT2D eigenvalue weighted by Gasteiger charge is 2.17. The molecule has 1 N–H and O–H groups in total. The molecule has 0 amide bonds. The van der Waals surface area contributed by atoms with E-state index in [-0.39, 0.29) is 15.1 Å². The van der Waals surface area contributed by atoms with E-state index in [2.05, 4.69) is 30.6 Å². The number of nitrogens with one attached hydrogen (secondary N) is 1. The molecule has 2 rings (SSSR count). The van der Waals surface area contributed by atoms with Gasteiger partial charge in [-0.25, -0.2) is 18.4 Å². The zero-order valence-corrected chi connectivity index (χ0v) is 13.1. The lowest BCUT2D eigenvalue weighted by atomic mass is 10.4. The summed E-state index contributed by atoms with van der Waals surface area (Å²) in [7, 11) is -3.80. The number of nitrogens with zero attached hydrogens (tertiary/aromatic N) is 2. The van der Waals surface area contributed by atoms with Crippen LogP contribution in [0.4, 0.5) is 5.69 Å². The van der Waals surface area contributed by atoms with Crippen LogP contribution in [-0.4, -0.2) is 18.4 Å². The minimum atomic E-state index is -3.80. The highest BCUT2D eigenvalue weighted by molar-refractivity contribution is 9.10. The lowest BCUT2D eigenvalue weighted by Gasteiger charge is -2.09. The number of aromatic nitrogens is 2. The molecule has 0 atom stereocenters. The first-order valence-electron chi connectivity index (χ1n) is 4.84. The van der Waals surface area contributed by atoms with Gasteiger partial charge in [-0.1, -0.05) is 23.2 Å². The third-order valence-corrected chi connectivity index (χ3v) is 4.74. The fraction of sp³-hybridized carbons (Fsp3) is 0. The van der Waals surface area contributed by atoms with Gasteiger partial charge in [-0.2, -0.15) is 0 Å². The number of pyridine rings is 2. The van der Waals surface area contributed by atoms with E-state index in [1.165, 1.54) is 12.3 Å². The Bertz CT molecular complexity index is 724. The summed E-state index contributed by atoms with van der Waals surface area (Å²) in [6, 6.07) is 4.40. The molecule has 2 heterocycles. The second-order valence-corrected chi connectivity index (χ2v) is 6.59. The largest absolute Gasteiger partial charge is 0.277 e. The van der Waals surface area contributed by atoms with Crippen molar-refractivity contribution in [3.63, 3.8) is 0 Å². The lowest BCUT2D eigenvalue weighted by Crippen LogP contribution is -2.14. The van der Waals surface area contributed by atoms with Crippen LogP contribution in [0.15, 0.2) is 40.1 Å². The van der Waals surface area contributed by atoms with E-state index in [0.29, 0.717) is 10.3 Å². The van der Waals surface area contributed by atoms with Gasteiger partial charge in [0, 0.05) is 12.4 Å². The average molecular weight is 383 g/mol. The summed E-state index contributed by atoms with van der Waals surface area (Å²) in [6.45, 7) is 0. The molecule has 0 spiro atoms. The van der Waals surface area contributed by atoms with E-state index in [4.69, 9.17) is 23.2 Å². The van der Waals surface area contributed by atoms with Crippen molar-refractivity contribution in [2.24, 2.45) is 0 Å². The van der Waals surface area contributed by atoms with Crippen LogP contribution in [0.1, 0.15) is 0 Å². The fourth-order valence-electron chi connectivity index (χ4n) is 1.22. The summed E-state index contributed by atoms with van der Waals surface area (Å²) >= 11 is 14.5. The van der Waals surface area contributed by atoms with Crippen LogP contribution in [0.5, 0.6) is 0 Å². The van der Waals surface area contributed by atoms with Gasteiger partial charge in [0.1, 0.15) is 14.7 Å². The Morgan fingerprint density at radius 2 is 2.00 bits per heavy atom. The van der Waals surface area contributed by atoms with Crippen LogP contribution in [-0.2, 0) is 10.0 Å². The van der Waals surface area contributed by atoms with Gasteiger partial charge in [0.15, 0.2) is 0 Å². The Morgan fingerprint density at radius 3 is 2.63 bits per heavy atom. The molecule has 100 valence electrons. The monoisotopic (exact) mass is 381 g/mol. The number of rotatable bonds is 3. The van der Waals surface area contributed by atoms with Crippen molar-refractivity contribution in [2.45, 2.75) is 4.90 Å². The number of hydrogen-bond donors (Lipinski definition) is 1. The second-order valence-electron chi connectivity index (χ2n) is 3.39. The van der Waals surface area contributed by atoms with Crippen molar-refractivity contribution in [3.05, 3.63) is 45.4 Å². The Balaban J connectivity index is 2.38. The van der Waals surface area contributed by atoms with Gasteiger partial charge in [0.05, 0.1) is 10.7 Å². The van der Waals surface area contributed by atoms with Crippen LogP contribution >= 0.6 is 39.1 Å². The molecule has 0 fully saturated rings. The summed E-state index contributed by atoms with van der Waals surface area (Å²) < 4.78 is 27.0. The van der Waals surface area contributed by atoms with Crippen molar-refractivity contribution in [3.8, 4) is 0 Å². The average Bonchev–Trinajstić information content (AvgIpc) is 2.35. The summed E-state index contributed by atoms with van der Waals surface area (Å²) in [4.78, 5) is 7.53. The van der Waals surface area contributed by atoms with Gasteiger partial charge in [0.2, 0.25) is 0 Å². The van der Waals surface area contributed by atoms with Crippen molar-refractivity contribution in [1.29, 1.82) is 0 Å². The standard InChI is InChI=1S/C10H6BrCl2N3O2S/c11-9-8(2-1-3-14-9)16-19(17,18)6-4-7(12)10(13)15-5-6/h1-5,16H. The van der Waals surface area contributed by atoms with Crippen LogP contribution < -0.4 is 4.72 Å². The summed E-state index contributed by atoms with van der Waals surface area (Å²) in [5, 5.41) is 0.109. The van der Waals surface area contributed by atoms with Gasteiger partial charge in [-0.3, -0.25) is 4.72 Å². The molecular formula is C10H6BrCl2N3O2S. The van der Waals surface area contributed by atoms with Crippen LogP contribution in [0.25, 0.3) is 0 Å². The minimum Gasteiger partial charge on any atom is -0.277 e. The van der Waals surface area contributed by atoms with Crippen molar-refractivity contribution >= 4 is 54.8 Å². The first-order chi connectivity index (χ1) is 8.90. The molecule has 19 heavy (non-hydrogen) atoms. The van der Waals surface area contributed by atoms with E-state index < -0.39 is 10.0 Å². The Morgan fingerprint density at radius 1 is 1.26 bits per heavy atom. The fourth-order valence-corrected chi connectivity index (χ4v) is 3.07. The third-order valence-electron chi connectivity index (χ3n) is 2.08. The van der Waals surface area contributed by atoms with Crippen LogP contribution in [0.2, 0.25) is 10.2 Å². The highest BCUT2D eigenvalue weighted by atomic mass is 79.9. The SMILES string of the molecule is O=S(=O)(Nc1cccnc1Br)c1cnc(Cl)c(Cl)c1. The Kier molecular flexibility index (Phi) is 4.29. The predicted molar refractivity (Wildman–Crippen MR) is 77.0 cm³/mol. The van der Waals surface area contributed by atoms with Gasteiger partial charge in [0.25, 0.3) is 10.0 Å². The molecule has 0 aliphatic rings. The molecule has 0 saturated carbocycles. The molecule has 0 unspecified atom stereocenters. The van der Waals surface area contributed by atoms with Gasteiger partial charge in [-0.15, -0.1) is 0 Å². The first-order valence-corrected chi connectivity index (χ1v) is 7.88. The van der Waals surface area contributed by atoms with Crippen LogP contribution in [0.3, 0.4) is 0 Å². The van der Waals surface area contributed by atoms with E-state index in [9.17, 15) is 8.42 Å². The quantitative estimate of drug-likeness (QED) is 0.826. The Hall–Kier alpha value is -0.890. The molecule has 2 aromatic heterocycles. The molecular weight excluding hydrogens is 377 g/mol. The molecule has 5 nitrogen and oxygen atoms in total. The number of hydrogen-bond acceptors (Lipinski definition) is 4. The number of sulfonamides is 1. The summed E-state index contributed by atoms with van der Waals surface area (Å²) in [5.74, 6) is 0. The van der Waals surface area contributed by atoms with Crippen LogP contribution in [0, 0.1) is 0 Å². The first kappa shape index (κ1) is 14.5. The molecule has 0 saturated heterocycles. The predicted octanol–water partition coefficient (Wildman–Crippen LogP) is 3.35. The topological polar surface area (TPSA) is 72.0 Å². The normalized spacial score (nSPS) is 11.3. The Labute approximate surface area is 128 Å².